The van der Waals surface area contributed by atoms with Gasteiger partial charge in [-0.05, 0) is 40.3 Å². The fraction of sp³-hybridized carbons (Fsp3) is 0.250. The molecular weight excluding hydrogens is 337 g/mol. The van der Waals surface area contributed by atoms with Crippen LogP contribution in [0.5, 0.6) is 0 Å². The molecule has 0 radical (unpaired) electrons. The van der Waals surface area contributed by atoms with Crippen LogP contribution in [0.25, 0.3) is 0 Å². The third kappa shape index (κ3) is 4.12. The zero-order valence-corrected chi connectivity index (χ0v) is 11.1. The summed E-state index contributed by atoms with van der Waals surface area (Å²) in [6.45, 7) is 0.273. The number of nitrogens with one attached hydrogen (secondary N) is 1. The third-order valence-corrected chi connectivity index (χ3v) is 3.76. The Kier molecular flexibility index (Phi) is 4.17. The summed E-state index contributed by atoms with van der Waals surface area (Å²) in [5, 5.41) is 0.637. The monoisotopic (exact) mass is 345 g/mol. The van der Waals surface area contributed by atoms with E-state index in [0.717, 1.165) is 15.4 Å². The molecule has 0 spiro atoms. The number of halogens is 2. The predicted molar refractivity (Wildman–Crippen MR) is 65.9 cm³/mol. The summed E-state index contributed by atoms with van der Waals surface area (Å²) in [7, 11) is -3.14. The van der Waals surface area contributed by atoms with E-state index in [9.17, 15) is 8.42 Å². The highest BCUT2D eigenvalue weighted by Gasteiger charge is 2.02. The van der Waals surface area contributed by atoms with E-state index in [1.165, 1.54) is 0 Å². The number of sulfonamides is 1. The van der Waals surface area contributed by atoms with Crippen molar-refractivity contribution in [1.82, 2.24) is 4.72 Å². The maximum atomic E-state index is 10.8. The quantitative estimate of drug-likeness (QED) is 0.852. The number of hydrogen-bond donors (Lipinski definition) is 1. The molecule has 6 heteroatoms. The molecule has 14 heavy (non-hydrogen) atoms. The number of benzene rings is 1. The Bertz CT molecular complexity index is 433. The average Bonchev–Trinajstić information content (AvgIpc) is 2.06. The van der Waals surface area contributed by atoms with Crippen LogP contribution in [0.3, 0.4) is 0 Å². The SMILES string of the molecule is CS(=O)(=O)NCc1ccc(I)c(Cl)c1. The predicted octanol–water partition coefficient (Wildman–Crippen LogP) is 1.99. The van der Waals surface area contributed by atoms with E-state index in [1.54, 1.807) is 6.07 Å². The number of rotatable bonds is 3. The minimum absolute atomic E-state index is 0.273. The molecule has 0 atom stereocenters. The molecule has 0 amide bonds. The molecule has 0 saturated heterocycles. The minimum atomic E-state index is -3.14. The van der Waals surface area contributed by atoms with Gasteiger partial charge in [0.1, 0.15) is 0 Å². The largest absolute Gasteiger partial charge is 0.213 e. The van der Waals surface area contributed by atoms with Crippen molar-refractivity contribution in [2.75, 3.05) is 6.26 Å². The molecule has 0 fully saturated rings. The second kappa shape index (κ2) is 4.78. The van der Waals surface area contributed by atoms with Gasteiger partial charge in [0.2, 0.25) is 10.0 Å². The highest BCUT2D eigenvalue weighted by atomic mass is 127. The van der Waals surface area contributed by atoms with Crippen molar-refractivity contribution in [2.24, 2.45) is 0 Å². The first-order chi connectivity index (χ1) is 6.38. The summed E-state index contributed by atoms with van der Waals surface area (Å²) in [6.07, 6.45) is 1.13. The summed E-state index contributed by atoms with van der Waals surface area (Å²) < 4.78 is 25.0. The Labute approximate surface area is 102 Å². The summed E-state index contributed by atoms with van der Waals surface area (Å²) in [6, 6.07) is 5.44. The molecule has 0 unspecified atom stereocenters. The van der Waals surface area contributed by atoms with Gasteiger partial charge in [-0.15, -0.1) is 0 Å². The smallest absolute Gasteiger partial charge is 0.209 e. The van der Waals surface area contributed by atoms with E-state index in [-0.39, 0.29) is 6.54 Å². The summed E-state index contributed by atoms with van der Waals surface area (Å²) in [5.74, 6) is 0. The van der Waals surface area contributed by atoms with Crippen LogP contribution in [0.2, 0.25) is 5.02 Å². The maximum Gasteiger partial charge on any atom is 0.209 e. The molecule has 0 saturated carbocycles. The Morgan fingerprint density at radius 1 is 1.50 bits per heavy atom. The molecule has 1 aromatic rings. The van der Waals surface area contributed by atoms with Crippen LogP contribution in [-0.2, 0) is 16.6 Å². The van der Waals surface area contributed by atoms with E-state index in [2.05, 4.69) is 27.3 Å². The van der Waals surface area contributed by atoms with Crippen LogP contribution in [0.4, 0.5) is 0 Å². The molecule has 1 N–H and O–H groups in total. The Morgan fingerprint density at radius 3 is 2.64 bits per heavy atom. The first kappa shape index (κ1) is 12.2. The van der Waals surface area contributed by atoms with Crippen molar-refractivity contribution in [1.29, 1.82) is 0 Å². The molecule has 0 aliphatic carbocycles. The summed E-state index contributed by atoms with van der Waals surface area (Å²) >= 11 is 7.99. The van der Waals surface area contributed by atoms with Gasteiger partial charge in [0, 0.05) is 10.1 Å². The fourth-order valence-corrected chi connectivity index (χ4v) is 1.83. The van der Waals surface area contributed by atoms with Crippen LogP contribution in [0, 0.1) is 3.57 Å². The second-order valence-electron chi connectivity index (χ2n) is 2.84. The zero-order valence-electron chi connectivity index (χ0n) is 7.42. The van der Waals surface area contributed by atoms with Crippen molar-refractivity contribution in [3.8, 4) is 0 Å². The van der Waals surface area contributed by atoms with E-state index in [0.29, 0.717) is 5.02 Å². The minimum Gasteiger partial charge on any atom is -0.213 e. The molecule has 78 valence electrons. The van der Waals surface area contributed by atoms with Gasteiger partial charge in [0.05, 0.1) is 11.3 Å². The van der Waals surface area contributed by atoms with Crippen LogP contribution < -0.4 is 4.72 Å². The molecule has 0 aromatic heterocycles. The summed E-state index contributed by atoms with van der Waals surface area (Å²) in [4.78, 5) is 0. The molecular formula is C8H9ClINO2S. The molecule has 0 heterocycles. The van der Waals surface area contributed by atoms with Crippen molar-refractivity contribution in [2.45, 2.75) is 6.54 Å². The Hall–Kier alpha value is 0.150. The lowest BCUT2D eigenvalue weighted by Crippen LogP contribution is -2.21. The normalized spacial score (nSPS) is 11.6. The maximum absolute atomic E-state index is 10.8. The summed E-state index contributed by atoms with van der Waals surface area (Å²) in [5.41, 5.74) is 0.848. The van der Waals surface area contributed by atoms with Crippen molar-refractivity contribution in [3.05, 3.63) is 32.4 Å². The molecule has 1 aromatic carbocycles. The highest BCUT2D eigenvalue weighted by Crippen LogP contribution is 2.19. The van der Waals surface area contributed by atoms with E-state index >= 15 is 0 Å². The number of hydrogen-bond acceptors (Lipinski definition) is 2. The molecule has 0 bridgehead atoms. The van der Waals surface area contributed by atoms with Gasteiger partial charge in [0.15, 0.2) is 0 Å². The zero-order chi connectivity index (χ0) is 10.8. The van der Waals surface area contributed by atoms with Crippen molar-refractivity contribution < 1.29 is 8.42 Å². The van der Waals surface area contributed by atoms with Gasteiger partial charge in [-0.3, -0.25) is 0 Å². The van der Waals surface area contributed by atoms with Gasteiger partial charge in [-0.25, -0.2) is 13.1 Å². The van der Waals surface area contributed by atoms with E-state index in [4.69, 9.17) is 11.6 Å². The van der Waals surface area contributed by atoms with Crippen LogP contribution in [0.1, 0.15) is 5.56 Å². The standard InChI is InChI=1S/C8H9ClINO2S/c1-14(12,13)11-5-6-2-3-8(10)7(9)4-6/h2-4,11H,5H2,1H3. The van der Waals surface area contributed by atoms with E-state index in [1.807, 2.05) is 12.1 Å². The third-order valence-electron chi connectivity index (χ3n) is 1.52. The van der Waals surface area contributed by atoms with Gasteiger partial charge < -0.3 is 0 Å². The molecule has 1 rings (SSSR count). The first-order valence-electron chi connectivity index (χ1n) is 3.77. The van der Waals surface area contributed by atoms with Gasteiger partial charge in [-0.1, -0.05) is 17.7 Å². The lowest BCUT2D eigenvalue weighted by atomic mass is 10.2. The Morgan fingerprint density at radius 2 is 2.14 bits per heavy atom. The van der Waals surface area contributed by atoms with Crippen molar-refractivity contribution in [3.63, 3.8) is 0 Å². The average molecular weight is 346 g/mol. The fourth-order valence-electron chi connectivity index (χ4n) is 0.864. The lowest BCUT2D eigenvalue weighted by molar-refractivity contribution is 0.587. The van der Waals surface area contributed by atoms with Crippen molar-refractivity contribution >= 4 is 44.2 Å². The lowest BCUT2D eigenvalue weighted by Gasteiger charge is -2.03. The molecule has 3 nitrogen and oxygen atoms in total. The second-order valence-corrected chi connectivity index (χ2v) is 6.24. The van der Waals surface area contributed by atoms with Crippen LogP contribution in [0.15, 0.2) is 18.2 Å². The van der Waals surface area contributed by atoms with Gasteiger partial charge >= 0.3 is 0 Å². The van der Waals surface area contributed by atoms with Crippen LogP contribution in [-0.4, -0.2) is 14.7 Å². The van der Waals surface area contributed by atoms with E-state index < -0.39 is 10.0 Å². The molecule has 0 aliphatic rings. The van der Waals surface area contributed by atoms with Gasteiger partial charge in [-0.2, -0.15) is 0 Å². The van der Waals surface area contributed by atoms with Crippen LogP contribution >= 0.6 is 34.2 Å². The van der Waals surface area contributed by atoms with Gasteiger partial charge in [0.25, 0.3) is 0 Å². The topological polar surface area (TPSA) is 46.2 Å². The molecule has 0 aliphatic heterocycles. The highest BCUT2D eigenvalue weighted by molar-refractivity contribution is 14.1. The first-order valence-corrected chi connectivity index (χ1v) is 7.12. The Balaban J connectivity index is 2.74.